The highest BCUT2D eigenvalue weighted by molar-refractivity contribution is 7.80. The number of hydrogen-bond acceptors (Lipinski definition) is 3. The Morgan fingerprint density at radius 2 is 1.84 bits per heavy atom. The van der Waals surface area contributed by atoms with E-state index in [0.717, 1.165) is 17.7 Å². The molecule has 19 heavy (non-hydrogen) atoms. The predicted molar refractivity (Wildman–Crippen MR) is 80.6 cm³/mol. The molecule has 0 radical (unpaired) electrons. The minimum absolute atomic E-state index is 0.0400. The van der Waals surface area contributed by atoms with Crippen LogP contribution in [0.1, 0.15) is 39.7 Å². The Bertz CT molecular complexity index is 479. The predicted octanol–water partition coefficient (Wildman–Crippen LogP) is 3.05. The lowest BCUT2D eigenvalue weighted by molar-refractivity contribution is -0.0846. The van der Waals surface area contributed by atoms with Crippen molar-refractivity contribution in [2.75, 3.05) is 0 Å². The highest BCUT2D eigenvalue weighted by atomic mass is 32.1. The minimum Gasteiger partial charge on any atom is -0.487 e. The zero-order chi connectivity index (χ0) is 14.3. The van der Waals surface area contributed by atoms with E-state index in [1.807, 2.05) is 24.3 Å². The molecular formula is C15H21NO2S. The van der Waals surface area contributed by atoms with Crippen LogP contribution in [0.5, 0.6) is 5.75 Å². The maximum absolute atomic E-state index is 6.05. The fraction of sp³-hybridized carbons (Fsp3) is 0.533. The molecule has 1 heterocycles. The van der Waals surface area contributed by atoms with Gasteiger partial charge in [0.2, 0.25) is 0 Å². The number of ether oxygens (including phenoxy) is 2. The van der Waals surface area contributed by atoms with Gasteiger partial charge in [0.25, 0.3) is 0 Å². The molecular weight excluding hydrogens is 258 g/mol. The summed E-state index contributed by atoms with van der Waals surface area (Å²) in [6.07, 6.45) is 0.912. The molecule has 104 valence electrons. The monoisotopic (exact) mass is 279 g/mol. The van der Waals surface area contributed by atoms with E-state index in [1.54, 1.807) is 0 Å². The van der Waals surface area contributed by atoms with Crippen LogP contribution in [0, 0.1) is 0 Å². The second kappa shape index (κ2) is 4.76. The Morgan fingerprint density at radius 1 is 1.26 bits per heavy atom. The van der Waals surface area contributed by atoms with Gasteiger partial charge in [0.1, 0.15) is 22.4 Å². The van der Waals surface area contributed by atoms with Crippen molar-refractivity contribution in [3.63, 3.8) is 0 Å². The van der Waals surface area contributed by atoms with Crippen LogP contribution >= 0.6 is 12.2 Å². The van der Waals surface area contributed by atoms with Crippen LogP contribution in [0.15, 0.2) is 24.3 Å². The van der Waals surface area contributed by atoms with Gasteiger partial charge in [-0.15, -0.1) is 0 Å². The van der Waals surface area contributed by atoms with Gasteiger partial charge in [-0.25, -0.2) is 0 Å². The molecule has 0 spiro atoms. The molecule has 1 saturated heterocycles. The van der Waals surface area contributed by atoms with E-state index < -0.39 is 0 Å². The van der Waals surface area contributed by atoms with E-state index in [0.29, 0.717) is 4.99 Å². The maximum atomic E-state index is 6.05. The molecule has 0 bridgehead atoms. The molecule has 1 aliphatic rings. The Kier molecular flexibility index (Phi) is 3.58. The van der Waals surface area contributed by atoms with E-state index in [-0.39, 0.29) is 17.3 Å². The highest BCUT2D eigenvalue weighted by Crippen LogP contribution is 2.39. The normalized spacial score (nSPS) is 24.1. The topological polar surface area (TPSA) is 44.5 Å². The summed E-state index contributed by atoms with van der Waals surface area (Å²) in [5.41, 5.74) is 6.00. The molecule has 1 aromatic rings. The molecule has 3 nitrogen and oxygen atoms in total. The number of benzene rings is 1. The largest absolute Gasteiger partial charge is 0.487 e. The van der Waals surface area contributed by atoms with Crippen molar-refractivity contribution in [2.45, 2.75) is 51.4 Å². The van der Waals surface area contributed by atoms with Crippen LogP contribution in [-0.4, -0.2) is 22.3 Å². The second-order valence-corrected chi connectivity index (χ2v) is 6.60. The lowest BCUT2D eigenvalue weighted by Gasteiger charge is -2.27. The molecule has 0 amide bonds. The Labute approximate surface area is 120 Å². The molecule has 0 aromatic heterocycles. The van der Waals surface area contributed by atoms with Gasteiger partial charge >= 0.3 is 0 Å². The van der Waals surface area contributed by atoms with Gasteiger partial charge in [-0.3, -0.25) is 0 Å². The van der Waals surface area contributed by atoms with Crippen LogP contribution in [0.4, 0.5) is 0 Å². The first-order valence-electron chi connectivity index (χ1n) is 6.46. The van der Waals surface area contributed by atoms with Crippen LogP contribution in [0.25, 0.3) is 0 Å². The zero-order valence-corrected chi connectivity index (χ0v) is 12.7. The maximum Gasteiger partial charge on any atom is 0.130 e. The van der Waals surface area contributed by atoms with Gasteiger partial charge in [0, 0.05) is 12.0 Å². The van der Waals surface area contributed by atoms with Crippen molar-refractivity contribution in [3.8, 4) is 5.75 Å². The molecule has 1 aliphatic heterocycles. The fourth-order valence-corrected chi connectivity index (χ4v) is 2.69. The van der Waals surface area contributed by atoms with Crippen LogP contribution in [-0.2, 0) is 4.74 Å². The van der Waals surface area contributed by atoms with Crippen molar-refractivity contribution in [2.24, 2.45) is 5.73 Å². The van der Waals surface area contributed by atoms with Crippen molar-refractivity contribution in [1.29, 1.82) is 0 Å². The lowest BCUT2D eigenvalue weighted by atomic mass is 9.97. The molecule has 2 N–H and O–H groups in total. The standard InChI is InChI=1S/C15H21NO2S/c1-14(2)9-12(15(3,4)18-14)17-11-7-5-10(6-8-11)13(16)19/h5-8,12H,9H2,1-4H3,(H2,16,19). The van der Waals surface area contributed by atoms with E-state index in [9.17, 15) is 0 Å². The van der Waals surface area contributed by atoms with Crippen LogP contribution in [0.2, 0.25) is 0 Å². The summed E-state index contributed by atoms with van der Waals surface area (Å²) in [5, 5.41) is 0. The summed E-state index contributed by atoms with van der Waals surface area (Å²) in [4.78, 5) is 0.400. The molecule has 1 unspecified atom stereocenters. The third-order valence-corrected chi connectivity index (χ3v) is 3.64. The quantitative estimate of drug-likeness (QED) is 0.864. The van der Waals surface area contributed by atoms with Gasteiger partial charge in [-0.1, -0.05) is 12.2 Å². The molecule has 2 rings (SSSR count). The van der Waals surface area contributed by atoms with Crippen molar-refractivity contribution in [1.82, 2.24) is 0 Å². The minimum atomic E-state index is -0.286. The van der Waals surface area contributed by atoms with Crippen LogP contribution < -0.4 is 10.5 Å². The summed E-state index contributed by atoms with van der Waals surface area (Å²) < 4.78 is 12.1. The van der Waals surface area contributed by atoms with E-state index in [1.165, 1.54) is 0 Å². The fourth-order valence-electron chi connectivity index (χ4n) is 2.56. The number of nitrogens with two attached hydrogens (primary N) is 1. The van der Waals surface area contributed by atoms with Gasteiger partial charge in [0.15, 0.2) is 0 Å². The van der Waals surface area contributed by atoms with E-state index in [2.05, 4.69) is 27.7 Å². The van der Waals surface area contributed by atoms with Crippen molar-refractivity contribution >= 4 is 17.2 Å². The summed E-state index contributed by atoms with van der Waals surface area (Å²) >= 11 is 4.93. The first-order valence-corrected chi connectivity index (χ1v) is 6.87. The number of hydrogen-bond donors (Lipinski definition) is 1. The van der Waals surface area contributed by atoms with E-state index >= 15 is 0 Å². The van der Waals surface area contributed by atoms with Gasteiger partial charge < -0.3 is 15.2 Å². The first-order chi connectivity index (χ1) is 8.70. The SMILES string of the molecule is CC1(C)CC(Oc2ccc(C(N)=S)cc2)C(C)(C)O1. The average Bonchev–Trinajstić information content (AvgIpc) is 2.47. The summed E-state index contributed by atoms with van der Waals surface area (Å²) in [7, 11) is 0. The van der Waals surface area contributed by atoms with E-state index in [4.69, 9.17) is 27.4 Å². The smallest absolute Gasteiger partial charge is 0.130 e. The van der Waals surface area contributed by atoms with Crippen LogP contribution in [0.3, 0.4) is 0 Å². The summed E-state index contributed by atoms with van der Waals surface area (Å²) in [6.45, 7) is 8.31. The molecule has 4 heteroatoms. The Morgan fingerprint density at radius 3 is 2.26 bits per heavy atom. The Balaban J connectivity index is 2.11. The average molecular weight is 279 g/mol. The summed E-state index contributed by atoms with van der Waals surface area (Å²) in [5.74, 6) is 0.819. The molecule has 1 aromatic carbocycles. The molecule has 1 atom stereocenters. The molecule has 0 saturated carbocycles. The van der Waals surface area contributed by atoms with Crippen molar-refractivity contribution < 1.29 is 9.47 Å². The Hall–Kier alpha value is -1.13. The highest BCUT2D eigenvalue weighted by Gasteiger charge is 2.47. The zero-order valence-electron chi connectivity index (χ0n) is 11.9. The summed E-state index contributed by atoms with van der Waals surface area (Å²) in [6, 6.07) is 7.56. The lowest BCUT2D eigenvalue weighted by Crippen LogP contribution is -2.36. The number of thiocarbonyl (C=S) groups is 1. The molecule has 1 fully saturated rings. The van der Waals surface area contributed by atoms with Crippen molar-refractivity contribution in [3.05, 3.63) is 29.8 Å². The third-order valence-electron chi connectivity index (χ3n) is 3.41. The van der Waals surface area contributed by atoms with Gasteiger partial charge in [0.05, 0.1) is 5.60 Å². The third kappa shape index (κ3) is 3.25. The second-order valence-electron chi connectivity index (χ2n) is 6.16. The van der Waals surface area contributed by atoms with Gasteiger partial charge in [-0.2, -0.15) is 0 Å². The van der Waals surface area contributed by atoms with Gasteiger partial charge in [-0.05, 0) is 52.0 Å². The molecule has 0 aliphatic carbocycles. The number of rotatable bonds is 3. The first kappa shape index (κ1) is 14.3.